The topological polar surface area (TPSA) is 0 Å². The molecule has 0 N–H and O–H groups in total. The first kappa shape index (κ1) is 12.5. The highest BCUT2D eigenvalue weighted by Gasteiger charge is 2.70. The lowest BCUT2D eigenvalue weighted by Gasteiger charge is -2.55. The van der Waals surface area contributed by atoms with Gasteiger partial charge in [0.05, 0.1) is 0 Å². The SMILES string of the molecule is CC1=CCC1CCC1C(C)C2CCCCCC3CC321. The van der Waals surface area contributed by atoms with E-state index in [2.05, 4.69) is 19.9 Å². The molecule has 4 rings (SSSR count). The van der Waals surface area contributed by atoms with Crippen LogP contribution < -0.4 is 0 Å². The maximum Gasteiger partial charge on any atom is -0.0171 e. The number of allylic oxidation sites excluding steroid dienone is 2. The van der Waals surface area contributed by atoms with E-state index in [1.807, 2.05) is 0 Å². The highest BCUT2D eigenvalue weighted by molar-refractivity contribution is 5.20. The van der Waals surface area contributed by atoms with Gasteiger partial charge in [0.25, 0.3) is 0 Å². The van der Waals surface area contributed by atoms with Gasteiger partial charge >= 0.3 is 0 Å². The minimum atomic E-state index is 0.876. The molecule has 0 amide bonds. The Hall–Kier alpha value is -0.260. The highest BCUT2D eigenvalue weighted by Crippen LogP contribution is 2.77. The van der Waals surface area contributed by atoms with Crippen LogP contribution in [0, 0.1) is 35.0 Å². The van der Waals surface area contributed by atoms with Gasteiger partial charge < -0.3 is 0 Å². The molecule has 6 atom stereocenters. The van der Waals surface area contributed by atoms with Crippen LogP contribution in [-0.2, 0) is 0 Å². The van der Waals surface area contributed by atoms with Crippen LogP contribution in [-0.4, -0.2) is 0 Å². The van der Waals surface area contributed by atoms with E-state index in [4.69, 9.17) is 0 Å². The van der Waals surface area contributed by atoms with Crippen molar-refractivity contribution in [2.75, 3.05) is 0 Å². The number of hydrogen-bond acceptors (Lipinski definition) is 0. The molecule has 6 unspecified atom stereocenters. The minimum absolute atomic E-state index is 0.876. The largest absolute Gasteiger partial charge is 0.0847 e. The third-order valence-electron chi connectivity index (χ3n) is 7.61. The summed E-state index contributed by atoms with van der Waals surface area (Å²) in [7, 11) is 0. The molecule has 0 bridgehead atoms. The molecule has 3 saturated carbocycles. The van der Waals surface area contributed by atoms with Gasteiger partial charge in [-0.3, -0.25) is 0 Å². The smallest absolute Gasteiger partial charge is 0.0171 e. The summed E-state index contributed by atoms with van der Waals surface area (Å²) in [6, 6.07) is 0. The second-order valence-corrected chi connectivity index (χ2v) is 8.18. The third kappa shape index (κ3) is 1.71. The predicted octanol–water partition coefficient (Wildman–Crippen LogP) is 5.59. The quantitative estimate of drug-likeness (QED) is 0.579. The highest BCUT2D eigenvalue weighted by atomic mass is 14.7. The van der Waals surface area contributed by atoms with Gasteiger partial charge in [0.1, 0.15) is 0 Å². The second-order valence-electron chi connectivity index (χ2n) is 8.18. The Labute approximate surface area is 119 Å². The zero-order valence-corrected chi connectivity index (χ0v) is 12.8. The Morgan fingerprint density at radius 3 is 2.74 bits per heavy atom. The molecule has 106 valence electrons. The van der Waals surface area contributed by atoms with E-state index >= 15 is 0 Å². The van der Waals surface area contributed by atoms with E-state index in [-0.39, 0.29) is 0 Å². The number of hydrogen-bond donors (Lipinski definition) is 0. The van der Waals surface area contributed by atoms with Crippen LogP contribution in [0.2, 0.25) is 0 Å². The van der Waals surface area contributed by atoms with Crippen molar-refractivity contribution in [3.8, 4) is 0 Å². The van der Waals surface area contributed by atoms with E-state index in [0.717, 1.165) is 35.0 Å². The second kappa shape index (κ2) is 4.37. The van der Waals surface area contributed by atoms with E-state index < -0.39 is 0 Å². The molecular formula is C19H30. The van der Waals surface area contributed by atoms with Crippen molar-refractivity contribution in [3.63, 3.8) is 0 Å². The van der Waals surface area contributed by atoms with Gasteiger partial charge in [0.15, 0.2) is 0 Å². The molecular weight excluding hydrogens is 228 g/mol. The Kier molecular flexibility index (Phi) is 2.87. The van der Waals surface area contributed by atoms with Gasteiger partial charge in [-0.1, -0.05) is 37.8 Å². The molecule has 1 spiro atoms. The molecule has 0 aliphatic heterocycles. The molecule has 0 heterocycles. The normalized spacial score (nSPS) is 51.7. The molecule has 0 aromatic carbocycles. The summed E-state index contributed by atoms with van der Waals surface area (Å²) >= 11 is 0. The fraction of sp³-hybridized carbons (Fsp3) is 0.895. The number of rotatable bonds is 3. The Morgan fingerprint density at radius 1 is 1.16 bits per heavy atom. The van der Waals surface area contributed by atoms with Crippen LogP contribution in [0.15, 0.2) is 11.6 Å². The zero-order valence-electron chi connectivity index (χ0n) is 12.8. The molecule has 4 aliphatic carbocycles. The lowest BCUT2D eigenvalue weighted by atomic mass is 9.50. The maximum absolute atomic E-state index is 2.58. The predicted molar refractivity (Wildman–Crippen MR) is 80.9 cm³/mol. The molecule has 0 heteroatoms. The van der Waals surface area contributed by atoms with Crippen LogP contribution in [0.4, 0.5) is 0 Å². The van der Waals surface area contributed by atoms with Crippen molar-refractivity contribution in [1.82, 2.24) is 0 Å². The van der Waals surface area contributed by atoms with E-state index in [9.17, 15) is 0 Å². The molecule has 0 aromatic heterocycles. The van der Waals surface area contributed by atoms with Gasteiger partial charge in [-0.2, -0.15) is 0 Å². The average molecular weight is 258 g/mol. The van der Waals surface area contributed by atoms with Crippen molar-refractivity contribution < 1.29 is 0 Å². The fourth-order valence-electron chi connectivity index (χ4n) is 6.30. The summed E-state index contributed by atoms with van der Waals surface area (Å²) in [5.41, 5.74) is 2.56. The van der Waals surface area contributed by atoms with Gasteiger partial charge in [-0.25, -0.2) is 0 Å². The van der Waals surface area contributed by atoms with Crippen LogP contribution in [0.5, 0.6) is 0 Å². The summed E-state index contributed by atoms with van der Waals surface area (Å²) in [5, 5.41) is 0. The summed E-state index contributed by atoms with van der Waals surface area (Å²) < 4.78 is 0. The van der Waals surface area contributed by atoms with Gasteiger partial charge in [0.2, 0.25) is 0 Å². The molecule has 0 aromatic rings. The standard InChI is InChI=1S/C19H30/c1-13-8-9-15(13)10-11-18-14(2)17-7-5-3-4-6-16-12-19(16,17)18/h8,14-18H,3-7,9-12H2,1-2H3. The Morgan fingerprint density at radius 2 is 2.00 bits per heavy atom. The van der Waals surface area contributed by atoms with Crippen molar-refractivity contribution in [2.24, 2.45) is 35.0 Å². The monoisotopic (exact) mass is 258 g/mol. The van der Waals surface area contributed by atoms with Crippen molar-refractivity contribution in [3.05, 3.63) is 11.6 Å². The molecule has 3 fully saturated rings. The first-order valence-electron chi connectivity index (χ1n) is 8.90. The lowest BCUT2D eigenvalue weighted by molar-refractivity contribution is -0.0651. The zero-order chi connectivity index (χ0) is 13.0. The molecule has 0 radical (unpaired) electrons. The molecule has 0 saturated heterocycles. The Bertz CT molecular complexity index is 393. The van der Waals surface area contributed by atoms with Gasteiger partial charge in [0, 0.05) is 0 Å². The summed E-state index contributed by atoms with van der Waals surface area (Å²) in [4.78, 5) is 0. The van der Waals surface area contributed by atoms with Gasteiger partial charge in [-0.15, -0.1) is 0 Å². The first-order valence-corrected chi connectivity index (χ1v) is 8.90. The molecule has 19 heavy (non-hydrogen) atoms. The Balaban J connectivity index is 1.41. The lowest BCUT2D eigenvalue weighted by Crippen LogP contribution is -2.49. The third-order valence-corrected chi connectivity index (χ3v) is 7.61. The van der Waals surface area contributed by atoms with Crippen LogP contribution in [0.25, 0.3) is 0 Å². The first-order chi connectivity index (χ1) is 9.23. The van der Waals surface area contributed by atoms with Gasteiger partial charge in [-0.05, 0) is 80.5 Å². The summed E-state index contributed by atoms with van der Waals surface area (Å²) in [6.45, 7) is 4.93. The molecule has 4 aliphatic rings. The van der Waals surface area contributed by atoms with E-state index in [1.165, 1.54) is 32.1 Å². The summed E-state index contributed by atoms with van der Waals surface area (Å²) in [6.07, 6.45) is 16.2. The van der Waals surface area contributed by atoms with E-state index in [0.29, 0.717) is 0 Å². The van der Waals surface area contributed by atoms with Crippen molar-refractivity contribution in [1.29, 1.82) is 0 Å². The van der Waals surface area contributed by atoms with Crippen molar-refractivity contribution >= 4 is 0 Å². The van der Waals surface area contributed by atoms with Crippen LogP contribution in [0.1, 0.15) is 71.6 Å². The minimum Gasteiger partial charge on any atom is -0.0847 e. The van der Waals surface area contributed by atoms with Crippen LogP contribution >= 0.6 is 0 Å². The average Bonchev–Trinajstić information content (AvgIpc) is 3.09. The maximum atomic E-state index is 2.58. The summed E-state index contributed by atoms with van der Waals surface area (Å²) in [5.74, 6) is 5.40. The van der Waals surface area contributed by atoms with Crippen molar-refractivity contribution in [2.45, 2.75) is 71.6 Å². The van der Waals surface area contributed by atoms with Crippen LogP contribution in [0.3, 0.4) is 0 Å². The van der Waals surface area contributed by atoms with E-state index in [1.54, 1.807) is 31.3 Å². The molecule has 0 nitrogen and oxygen atoms in total. The fourth-order valence-corrected chi connectivity index (χ4v) is 6.30.